The number of carbonyl (C=O) groups is 1. The molecule has 1 spiro atoms. The summed E-state index contributed by atoms with van der Waals surface area (Å²) in [6.45, 7) is 7.04. The van der Waals surface area contributed by atoms with Crippen molar-refractivity contribution in [1.82, 2.24) is 15.1 Å². The van der Waals surface area contributed by atoms with Crippen molar-refractivity contribution in [1.29, 1.82) is 0 Å². The van der Waals surface area contributed by atoms with E-state index in [2.05, 4.69) is 10.4 Å². The molecular weight excluding hydrogens is 294 g/mol. The molecule has 3 rings (SSSR count). The SMILES string of the molecule is CCc1nn(C[C@@H](C)CO)c2c1C(=O)NCC1(CCOCC1)C2. The average molecular weight is 321 g/mol. The Kier molecular flexibility index (Phi) is 4.73. The maximum absolute atomic E-state index is 12.6. The molecule has 1 aromatic rings. The minimum atomic E-state index is 0.00289. The lowest BCUT2D eigenvalue weighted by molar-refractivity contribution is 0.0151. The molecule has 1 atom stereocenters. The predicted octanol–water partition coefficient (Wildman–Crippen LogP) is 1.16. The van der Waals surface area contributed by atoms with E-state index in [-0.39, 0.29) is 23.8 Å². The number of aliphatic hydroxyl groups is 1. The number of aromatic nitrogens is 2. The molecule has 2 N–H and O–H groups in total. The lowest BCUT2D eigenvalue weighted by atomic mass is 9.76. The highest BCUT2D eigenvalue weighted by atomic mass is 16.5. The van der Waals surface area contributed by atoms with Gasteiger partial charge in [0, 0.05) is 32.9 Å². The lowest BCUT2D eigenvalue weighted by Gasteiger charge is -2.36. The van der Waals surface area contributed by atoms with E-state index >= 15 is 0 Å². The average Bonchev–Trinajstić information content (AvgIpc) is 2.83. The minimum absolute atomic E-state index is 0.00289. The molecule has 0 saturated carbocycles. The molecule has 23 heavy (non-hydrogen) atoms. The first-order valence-electron chi connectivity index (χ1n) is 8.64. The van der Waals surface area contributed by atoms with Gasteiger partial charge in [-0.2, -0.15) is 5.10 Å². The van der Waals surface area contributed by atoms with Gasteiger partial charge in [-0.05, 0) is 37.0 Å². The van der Waals surface area contributed by atoms with Crippen molar-refractivity contribution < 1.29 is 14.6 Å². The van der Waals surface area contributed by atoms with Crippen LogP contribution in [-0.4, -0.2) is 47.2 Å². The van der Waals surface area contributed by atoms with Crippen molar-refractivity contribution in [3.05, 3.63) is 17.0 Å². The Labute approximate surface area is 137 Å². The molecule has 0 radical (unpaired) electrons. The van der Waals surface area contributed by atoms with Gasteiger partial charge in [0.15, 0.2) is 0 Å². The van der Waals surface area contributed by atoms with Gasteiger partial charge in [0.1, 0.15) is 0 Å². The maximum Gasteiger partial charge on any atom is 0.255 e. The van der Waals surface area contributed by atoms with Crippen molar-refractivity contribution >= 4 is 5.91 Å². The van der Waals surface area contributed by atoms with Gasteiger partial charge in [0.05, 0.1) is 17.0 Å². The zero-order valence-corrected chi connectivity index (χ0v) is 14.1. The fourth-order valence-corrected chi connectivity index (χ4v) is 3.68. The van der Waals surface area contributed by atoms with Crippen molar-refractivity contribution in [2.24, 2.45) is 11.3 Å². The molecule has 6 heteroatoms. The zero-order chi connectivity index (χ0) is 16.4. The molecule has 2 aliphatic heterocycles. The van der Waals surface area contributed by atoms with E-state index in [4.69, 9.17) is 4.74 Å². The molecule has 1 saturated heterocycles. The number of nitrogens with zero attached hydrogens (tertiary/aromatic N) is 2. The minimum Gasteiger partial charge on any atom is -0.396 e. The van der Waals surface area contributed by atoms with Crippen LogP contribution in [0.25, 0.3) is 0 Å². The maximum atomic E-state index is 12.6. The van der Waals surface area contributed by atoms with Gasteiger partial charge in [-0.1, -0.05) is 13.8 Å². The molecule has 128 valence electrons. The highest BCUT2D eigenvalue weighted by molar-refractivity contribution is 5.97. The van der Waals surface area contributed by atoms with Gasteiger partial charge in [0.2, 0.25) is 0 Å². The van der Waals surface area contributed by atoms with Gasteiger partial charge in [0.25, 0.3) is 5.91 Å². The van der Waals surface area contributed by atoms with E-state index in [1.807, 2.05) is 18.5 Å². The molecule has 1 aromatic heterocycles. The molecule has 0 aromatic carbocycles. The molecule has 1 fully saturated rings. The number of amides is 1. The Hall–Kier alpha value is -1.40. The van der Waals surface area contributed by atoms with E-state index in [1.165, 1.54) is 0 Å². The smallest absolute Gasteiger partial charge is 0.255 e. The Morgan fingerprint density at radius 1 is 1.43 bits per heavy atom. The number of aryl methyl sites for hydroxylation is 1. The second-order valence-corrected chi connectivity index (χ2v) is 7.06. The van der Waals surface area contributed by atoms with Crippen LogP contribution in [-0.2, 0) is 24.1 Å². The van der Waals surface area contributed by atoms with Crippen LogP contribution in [0, 0.1) is 11.3 Å². The second kappa shape index (κ2) is 6.61. The van der Waals surface area contributed by atoms with Crippen molar-refractivity contribution in [2.45, 2.75) is 46.1 Å². The van der Waals surface area contributed by atoms with Crippen LogP contribution in [0.5, 0.6) is 0 Å². The molecule has 0 bridgehead atoms. The van der Waals surface area contributed by atoms with Gasteiger partial charge >= 0.3 is 0 Å². The van der Waals surface area contributed by atoms with Crippen LogP contribution in [0.1, 0.15) is 48.4 Å². The summed E-state index contributed by atoms with van der Waals surface area (Å²) in [6, 6.07) is 0. The van der Waals surface area contributed by atoms with Crippen LogP contribution in [0.4, 0.5) is 0 Å². The number of hydrogen-bond donors (Lipinski definition) is 2. The Morgan fingerprint density at radius 3 is 2.83 bits per heavy atom. The summed E-state index contributed by atoms with van der Waals surface area (Å²) in [6.07, 6.45) is 3.53. The third-order valence-electron chi connectivity index (χ3n) is 5.21. The number of fused-ring (bicyclic) bond motifs is 1. The van der Waals surface area contributed by atoms with Crippen molar-refractivity contribution in [2.75, 3.05) is 26.4 Å². The Bertz CT molecular complexity index is 576. The third-order valence-corrected chi connectivity index (χ3v) is 5.21. The normalized spacial score (nSPS) is 21.6. The molecule has 2 aliphatic rings. The molecule has 6 nitrogen and oxygen atoms in total. The predicted molar refractivity (Wildman–Crippen MR) is 86.4 cm³/mol. The highest BCUT2D eigenvalue weighted by Crippen LogP contribution is 2.37. The number of hydrogen-bond acceptors (Lipinski definition) is 4. The van der Waals surface area contributed by atoms with E-state index in [9.17, 15) is 9.90 Å². The summed E-state index contributed by atoms with van der Waals surface area (Å²) >= 11 is 0. The number of rotatable bonds is 4. The summed E-state index contributed by atoms with van der Waals surface area (Å²) in [5.74, 6) is 0.128. The number of aliphatic hydroxyl groups excluding tert-OH is 1. The van der Waals surface area contributed by atoms with E-state index in [0.717, 1.165) is 55.8 Å². The molecular formula is C17H27N3O3. The largest absolute Gasteiger partial charge is 0.396 e. The third kappa shape index (κ3) is 3.15. The first-order chi connectivity index (χ1) is 11.1. The van der Waals surface area contributed by atoms with E-state index < -0.39 is 0 Å². The lowest BCUT2D eigenvalue weighted by Crippen LogP contribution is -2.40. The zero-order valence-electron chi connectivity index (χ0n) is 14.1. The molecule has 0 aliphatic carbocycles. The fourth-order valence-electron chi connectivity index (χ4n) is 3.68. The first kappa shape index (κ1) is 16.5. The number of ether oxygens (including phenoxy) is 1. The van der Waals surface area contributed by atoms with Crippen LogP contribution in [0.15, 0.2) is 0 Å². The van der Waals surface area contributed by atoms with E-state index in [1.54, 1.807) is 0 Å². The topological polar surface area (TPSA) is 76.4 Å². The van der Waals surface area contributed by atoms with Gasteiger partial charge < -0.3 is 15.2 Å². The van der Waals surface area contributed by atoms with Crippen LogP contribution in [0.2, 0.25) is 0 Å². The van der Waals surface area contributed by atoms with Gasteiger partial charge in [-0.25, -0.2) is 0 Å². The van der Waals surface area contributed by atoms with Crippen LogP contribution >= 0.6 is 0 Å². The fraction of sp³-hybridized carbons (Fsp3) is 0.765. The highest BCUT2D eigenvalue weighted by Gasteiger charge is 2.39. The molecule has 0 unspecified atom stereocenters. The summed E-state index contributed by atoms with van der Waals surface area (Å²) in [7, 11) is 0. The summed E-state index contributed by atoms with van der Waals surface area (Å²) in [4.78, 5) is 12.6. The standard InChI is InChI=1S/C17H27N3O3/c1-3-13-15-14(20(19-13)9-12(2)10-21)8-17(11-18-16(15)22)4-6-23-7-5-17/h12,21H,3-11H2,1-2H3,(H,18,22)/t12-/m1/s1. The number of carbonyl (C=O) groups excluding carboxylic acids is 1. The summed E-state index contributed by atoms with van der Waals surface area (Å²) < 4.78 is 7.49. The summed E-state index contributed by atoms with van der Waals surface area (Å²) in [5, 5.41) is 17.2. The van der Waals surface area contributed by atoms with Crippen molar-refractivity contribution in [3.8, 4) is 0 Å². The monoisotopic (exact) mass is 321 g/mol. The summed E-state index contributed by atoms with van der Waals surface area (Å²) in [5.41, 5.74) is 2.75. The van der Waals surface area contributed by atoms with Crippen LogP contribution in [0.3, 0.4) is 0 Å². The van der Waals surface area contributed by atoms with Gasteiger partial charge in [-0.3, -0.25) is 9.48 Å². The van der Waals surface area contributed by atoms with Crippen LogP contribution < -0.4 is 5.32 Å². The van der Waals surface area contributed by atoms with E-state index in [0.29, 0.717) is 13.1 Å². The van der Waals surface area contributed by atoms with Crippen molar-refractivity contribution in [3.63, 3.8) is 0 Å². The Balaban J connectivity index is 2.00. The van der Waals surface area contributed by atoms with Gasteiger partial charge in [-0.15, -0.1) is 0 Å². The molecule has 1 amide bonds. The Morgan fingerprint density at radius 2 is 2.17 bits per heavy atom. The second-order valence-electron chi connectivity index (χ2n) is 7.06. The molecule has 3 heterocycles. The number of nitrogens with one attached hydrogen (secondary N) is 1. The quantitative estimate of drug-likeness (QED) is 0.872. The first-order valence-corrected chi connectivity index (χ1v) is 8.64.